The summed E-state index contributed by atoms with van der Waals surface area (Å²) in [6.07, 6.45) is 0. The Kier molecular flexibility index (Phi) is 4.04. The second-order valence-corrected chi connectivity index (χ2v) is 5.12. The van der Waals surface area contributed by atoms with Crippen LogP contribution in [0, 0.1) is 0 Å². The maximum atomic E-state index is 12.6. The standard InChI is InChI=1S/C18H17NO5/c1-21-15-9-14-16(18(23-3)17(15)22-2)12(20)8-13(24-14)10-5-4-6-11(19)7-10/h4-9H,19H2,1-3H3. The summed E-state index contributed by atoms with van der Waals surface area (Å²) < 4.78 is 21.9. The molecule has 0 saturated carbocycles. The van der Waals surface area contributed by atoms with Crippen LogP contribution in [0.5, 0.6) is 17.2 Å². The zero-order valence-corrected chi connectivity index (χ0v) is 13.6. The molecule has 2 N–H and O–H groups in total. The lowest BCUT2D eigenvalue weighted by Crippen LogP contribution is -2.05. The van der Waals surface area contributed by atoms with Gasteiger partial charge in [-0.15, -0.1) is 0 Å². The average Bonchev–Trinajstić information content (AvgIpc) is 2.59. The Labute approximate surface area is 138 Å². The fraction of sp³-hybridized carbons (Fsp3) is 0.167. The molecule has 0 spiro atoms. The normalized spacial score (nSPS) is 10.6. The summed E-state index contributed by atoms with van der Waals surface area (Å²) in [6, 6.07) is 10.1. The highest BCUT2D eigenvalue weighted by molar-refractivity contribution is 5.90. The van der Waals surface area contributed by atoms with Gasteiger partial charge in [0.1, 0.15) is 16.7 Å². The van der Waals surface area contributed by atoms with Gasteiger partial charge in [0, 0.05) is 23.4 Å². The van der Waals surface area contributed by atoms with E-state index in [2.05, 4.69) is 0 Å². The molecule has 124 valence electrons. The summed E-state index contributed by atoms with van der Waals surface area (Å²) in [6.45, 7) is 0. The predicted octanol–water partition coefficient (Wildman–Crippen LogP) is 3.07. The van der Waals surface area contributed by atoms with E-state index in [9.17, 15) is 4.79 Å². The molecule has 0 fully saturated rings. The number of benzene rings is 2. The van der Waals surface area contributed by atoms with E-state index in [0.717, 1.165) is 0 Å². The molecule has 0 atom stereocenters. The number of fused-ring (bicyclic) bond motifs is 1. The molecule has 3 aromatic rings. The summed E-state index contributed by atoms with van der Waals surface area (Å²) in [4.78, 5) is 12.6. The highest BCUT2D eigenvalue weighted by Crippen LogP contribution is 2.42. The first kappa shape index (κ1) is 15.7. The van der Waals surface area contributed by atoms with E-state index in [1.807, 2.05) is 6.07 Å². The monoisotopic (exact) mass is 327 g/mol. The summed E-state index contributed by atoms with van der Waals surface area (Å²) in [7, 11) is 4.44. The number of nitrogen functional groups attached to an aromatic ring is 1. The van der Waals surface area contributed by atoms with Crippen LogP contribution >= 0.6 is 0 Å². The lowest BCUT2D eigenvalue weighted by atomic mass is 10.1. The zero-order chi connectivity index (χ0) is 17.3. The lowest BCUT2D eigenvalue weighted by molar-refractivity contribution is 0.326. The summed E-state index contributed by atoms with van der Waals surface area (Å²) in [5.41, 5.74) is 7.19. The molecule has 6 nitrogen and oxygen atoms in total. The second kappa shape index (κ2) is 6.16. The van der Waals surface area contributed by atoms with E-state index in [4.69, 9.17) is 24.4 Å². The molecular weight excluding hydrogens is 310 g/mol. The fourth-order valence-corrected chi connectivity index (χ4v) is 2.62. The lowest BCUT2D eigenvalue weighted by Gasteiger charge is -2.14. The number of hydrogen-bond donors (Lipinski definition) is 1. The van der Waals surface area contributed by atoms with Gasteiger partial charge in [0.2, 0.25) is 5.75 Å². The predicted molar refractivity (Wildman–Crippen MR) is 92.0 cm³/mol. The molecular formula is C18H17NO5. The fourth-order valence-electron chi connectivity index (χ4n) is 2.62. The Hall–Kier alpha value is -3.15. The van der Waals surface area contributed by atoms with Gasteiger partial charge in [-0.05, 0) is 12.1 Å². The van der Waals surface area contributed by atoms with Crippen LogP contribution < -0.4 is 25.4 Å². The van der Waals surface area contributed by atoms with Crippen LogP contribution in [0.1, 0.15) is 0 Å². The van der Waals surface area contributed by atoms with Gasteiger partial charge in [0.05, 0.1) is 21.3 Å². The van der Waals surface area contributed by atoms with Gasteiger partial charge < -0.3 is 24.4 Å². The summed E-state index contributed by atoms with van der Waals surface area (Å²) in [5.74, 6) is 1.44. The van der Waals surface area contributed by atoms with E-state index in [1.54, 1.807) is 24.3 Å². The van der Waals surface area contributed by atoms with Crippen LogP contribution in [0.3, 0.4) is 0 Å². The van der Waals surface area contributed by atoms with E-state index >= 15 is 0 Å². The number of ether oxygens (including phenoxy) is 3. The van der Waals surface area contributed by atoms with E-state index in [-0.39, 0.29) is 11.2 Å². The summed E-state index contributed by atoms with van der Waals surface area (Å²) >= 11 is 0. The molecule has 3 rings (SSSR count). The van der Waals surface area contributed by atoms with Crippen LogP contribution in [0.2, 0.25) is 0 Å². The summed E-state index contributed by atoms with van der Waals surface area (Å²) in [5, 5.41) is 0.294. The van der Waals surface area contributed by atoms with Crippen molar-refractivity contribution in [3.05, 3.63) is 46.6 Å². The van der Waals surface area contributed by atoms with Gasteiger partial charge in [0.25, 0.3) is 0 Å². The molecule has 0 aliphatic heterocycles. The van der Waals surface area contributed by atoms with E-state index in [0.29, 0.717) is 39.5 Å². The topological polar surface area (TPSA) is 83.9 Å². The molecule has 0 aliphatic rings. The molecule has 0 aliphatic carbocycles. The van der Waals surface area contributed by atoms with Crippen LogP contribution in [0.15, 0.2) is 45.6 Å². The second-order valence-electron chi connectivity index (χ2n) is 5.12. The Morgan fingerprint density at radius 1 is 0.958 bits per heavy atom. The van der Waals surface area contributed by atoms with Crippen molar-refractivity contribution in [3.63, 3.8) is 0 Å². The molecule has 1 aromatic heterocycles. The van der Waals surface area contributed by atoms with Crippen molar-refractivity contribution in [2.24, 2.45) is 0 Å². The number of hydrogen-bond acceptors (Lipinski definition) is 6. The highest BCUT2D eigenvalue weighted by atomic mass is 16.5. The Bertz CT molecular complexity index is 962. The van der Waals surface area contributed by atoms with Gasteiger partial charge in [-0.3, -0.25) is 4.79 Å². The Balaban J connectivity index is 2.34. The van der Waals surface area contributed by atoms with Gasteiger partial charge in [-0.2, -0.15) is 0 Å². The maximum absolute atomic E-state index is 12.6. The van der Waals surface area contributed by atoms with Crippen LogP contribution in [-0.4, -0.2) is 21.3 Å². The third-order valence-electron chi connectivity index (χ3n) is 3.69. The first-order valence-electron chi connectivity index (χ1n) is 7.21. The van der Waals surface area contributed by atoms with Crippen molar-refractivity contribution < 1.29 is 18.6 Å². The van der Waals surface area contributed by atoms with Crippen molar-refractivity contribution in [2.75, 3.05) is 27.1 Å². The molecule has 24 heavy (non-hydrogen) atoms. The minimum Gasteiger partial charge on any atom is -0.493 e. The Morgan fingerprint density at radius 3 is 2.33 bits per heavy atom. The van der Waals surface area contributed by atoms with Crippen LogP contribution in [-0.2, 0) is 0 Å². The molecule has 2 aromatic carbocycles. The first-order chi connectivity index (χ1) is 11.6. The zero-order valence-electron chi connectivity index (χ0n) is 13.6. The first-order valence-corrected chi connectivity index (χ1v) is 7.21. The minimum atomic E-state index is -0.244. The van der Waals surface area contributed by atoms with Gasteiger partial charge in [0.15, 0.2) is 16.9 Å². The molecule has 0 bridgehead atoms. The van der Waals surface area contributed by atoms with Crippen LogP contribution in [0.25, 0.3) is 22.3 Å². The van der Waals surface area contributed by atoms with Crippen molar-refractivity contribution in [1.82, 2.24) is 0 Å². The maximum Gasteiger partial charge on any atom is 0.204 e. The van der Waals surface area contributed by atoms with Gasteiger partial charge in [-0.1, -0.05) is 12.1 Å². The number of nitrogens with two attached hydrogens (primary N) is 1. The molecule has 0 amide bonds. The number of methoxy groups -OCH3 is 3. The number of rotatable bonds is 4. The van der Waals surface area contributed by atoms with Gasteiger partial charge >= 0.3 is 0 Å². The van der Waals surface area contributed by atoms with Crippen molar-refractivity contribution in [3.8, 4) is 28.6 Å². The van der Waals surface area contributed by atoms with Crippen molar-refractivity contribution in [2.45, 2.75) is 0 Å². The molecule has 1 heterocycles. The van der Waals surface area contributed by atoms with Gasteiger partial charge in [-0.25, -0.2) is 0 Å². The number of anilines is 1. The quantitative estimate of drug-likeness (QED) is 0.741. The molecule has 0 saturated heterocycles. The van der Waals surface area contributed by atoms with Crippen LogP contribution in [0.4, 0.5) is 5.69 Å². The molecule has 0 radical (unpaired) electrons. The van der Waals surface area contributed by atoms with Crippen molar-refractivity contribution >= 4 is 16.7 Å². The van der Waals surface area contributed by atoms with Crippen molar-refractivity contribution in [1.29, 1.82) is 0 Å². The Morgan fingerprint density at radius 2 is 1.71 bits per heavy atom. The average molecular weight is 327 g/mol. The molecule has 0 unspecified atom stereocenters. The smallest absolute Gasteiger partial charge is 0.204 e. The minimum absolute atomic E-state index is 0.244. The SMILES string of the molecule is COc1cc2oc(-c3cccc(N)c3)cc(=O)c2c(OC)c1OC. The third kappa shape index (κ3) is 2.52. The van der Waals surface area contributed by atoms with E-state index in [1.165, 1.54) is 27.4 Å². The van der Waals surface area contributed by atoms with E-state index < -0.39 is 0 Å². The third-order valence-corrected chi connectivity index (χ3v) is 3.69. The highest BCUT2D eigenvalue weighted by Gasteiger charge is 2.20. The largest absolute Gasteiger partial charge is 0.493 e. The molecule has 6 heteroatoms.